The van der Waals surface area contributed by atoms with Crippen LogP contribution in [0, 0.1) is 5.82 Å². The molecule has 1 unspecified atom stereocenters. The van der Waals surface area contributed by atoms with Crippen molar-refractivity contribution in [2.45, 2.75) is 50.4 Å². The Hall–Kier alpha value is -3.42. The fourth-order valence-corrected chi connectivity index (χ4v) is 4.59. The molecule has 4 rings (SSSR count). The minimum atomic E-state index is -0.802. The van der Waals surface area contributed by atoms with E-state index in [9.17, 15) is 14.0 Å². The van der Waals surface area contributed by atoms with E-state index < -0.39 is 18.2 Å². The van der Waals surface area contributed by atoms with Crippen LogP contribution < -0.4 is 5.32 Å². The summed E-state index contributed by atoms with van der Waals surface area (Å²) < 4.78 is 19.5. The van der Waals surface area contributed by atoms with Crippen LogP contribution in [0.2, 0.25) is 0 Å². The van der Waals surface area contributed by atoms with Crippen molar-refractivity contribution >= 4 is 11.8 Å². The molecular formula is C24H26FN5O3. The van der Waals surface area contributed by atoms with Gasteiger partial charge in [-0.1, -0.05) is 48.4 Å². The van der Waals surface area contributed by atoms with Crippen molar-refractivity contribution < 1.29 is 18.7 Å². The Labute approximate surface area is 191 Å². The SMILES string of the molecule is CCC(=O)N[C@H]1CO[C@@H](C(=O)N2CCc3ccccc3[C@@H]2c2ccc(F)cc2)CC1N=[N+]=[N-]. The van der Waals surface area contributed by atoms with Gasteiger partial charge < -0.3 is 15.0 Å². The first kappa shape index (κ1) is 22.8. The smallest absolute Gasteiger partial charge is 0.252 e. The second-order valence-corrected chi connectivity index (χ2v) is 8.29. The third-order valence-electron chi connectivity index (χ3n) is 6.29. The average molecular weight is 452 g/mol. The van der Waals surface area contributed by atoms with E-state index in [-0.39, 0.29) is 36.7 Å². The van der Waals surface area contributed by atoms with Crippen LogP contribution in [0.4, 0.5) is 4.39 Å². The lowest BCUT2D eigenvalue weighted by molar-refractivity contribution is -0.150. The van der Waals surface area contributed by atoms with Gasteiger partial charge in [-0.2, -0.15) is 0 Å². The fraction of sp³-hybridized carbons (Fsp3) is 0.417. The van der Waals surface area contributed by atoms with E-state index in [1.165, 1.54) is 12.1 Å². The molecule has 2 aromatic rings. The average Bonchev–Trinajstić information content (AvgIpc) is 2.84. The van der Waals surface area contributed by atoms with E-state index in [4.69, 9.17) is 10.3 Å². The van der Waals surface area contributed by atoms with E-state index in [1.807, 2.05) is 24.3 Å². The molecule has 0 radical (unpaired) electrons. The molecule has 0 bridgehead atoms. The Morgan fingerprint density at radius 2 is 2.00 bits per heavy atom. The topological polar surface area (TPSA) is 107 Å². The third-order valence-corrected chi connectivity index (χ3v) is 6.29. The zero-order valence-electron chi connectivity index (χ0n) is 18.4. The number of nitrogens with one attached hydrogen (secondary N) is 1. The lowest BCUT2D eigenvalue weighted by Crippen LogP contribution is -2.55. The highest BCUT2D eigenvalue weighted by Gasteiger charge is 2.40. The number of carbonyl (C=O) groups excluding carboxylic acids is 2. The standard InChI is InChI=1S/C24H26FN5O3/c1-2-22(31)27-20-14-33-21(13-19(20)28-29-26)24(32)30-12-11-15-5-3-4-6-18(15)23(30)16-7-9-17(25)10-8-16/h3-10,19-21,23H,2,11-14H2,1H3,(H,27,31)/t19?,20-,21+,23-/m0/s1. The van der Waals surface area contributed by atoms with Gasteiger partial charge in [0, 0.05) is 17.9 Å². The predicted octanol–water partition coefficient (Wildman–Crippen LogP) is 3.66. The lowest BCUT2D eigenvalue weighted by Gasteiger charge is -2.41. The first-order valence-electron chi connectivity index (χ1n) is 11.1. The van der Waals surface area contributed by atoms with Crippen molar-refractivity contribution in [2.75, 3.05) is 13.2 Å². The van der Waals surface area contributed by atoms with Gasteiger partial charge in [-0.15, -0.1) is 0 Å². The number of rotatable bonds is 5. The molecule has 8 nitrogen and oxygen atoms in total. The summed E-state index contributed by atoms with van der Waals surface area (Å²) in [7, 11) is 0. The highest BCUT2D eigenvalue weighted by atomic mass is 19.1. The maximum atomic E-state index is 13.7. The third kappa shape index (κ3) is 4.84. The van der Waals surface area contributed by atoms with Crippen LogP contribution >= 0.6 is 0 Å². The van der Waals surface area contributed by atoms with Gasteiger partial charge in [0.05, 0.1) is 24.7 Å². The Morgan fingerprint density at radius 1 is 1.24 bits per heavy atom. The molecule has 33 heavy (non-hydrogen) atoms. The molecule has 9 heteroatoms. The van der Waals surface area contributed by atoms with Gasteiger partial charge >= 0.3 is 0 Å². The molecule has 4 atom stereocenters. The van der Waals surface area contributed by atoms with Crippen molar-refractivity contribution in [3.05, 3.63) is 81.5 Å². The number of carbonyl (C=O) groups is 2. The van der Waals surface area contributed by atoms with E-state index >= 15 is 0 Å². The molecule has 1 saturated heterocycles. The molecule has 2 aromatic carbocycles. The molecular weight excluding hydrogens is 425 g/mol. The Balaban J connectivity index is 1.60. The van der Waals surface area contributed by atoms with E-state index in [1.54, 1.807) is 24.0 Å². The maximum absolute atomic E-state index is 13.7. The van der Waals surface area contributed by atoms with Crippen LogP contribution in [-0.4, -0.2) is 48.1 Å². The largest absolute Gasteiger partial charge is 0.366 e. The van der Waals surface area contributed by atoms with Crippen LogP contribution in [0.25, 0.3) is 10.4 Å². The van der Waals surface area contributed by atoms with Gasteiger partial charge in [0.1, 0.15) is 11.9 Å². The number of hydrogen-bond donors (Lipinski definition) is 1. The van der Waals surface area contributed by atoms with Gasteiger partial charge in [-0.05, 0) is 47.2 Å². The highest BCUT2D eigenvalue weighted by Crippen LogP contribution is 2.36. The van der Waals surface area contributed by atoms with Crippen molar-refractivity contribution in [2.24, 2.45) is 5.11 Å². The zero-order valence-corrected chi connectivity index (χ0v) is 18.4. The summed E-state index contributed by atoms with van der Waals surface area (Å²) in [6.07, 6.45) is 0.366. The number of amides is 2. The van der Waals surface area contributed by atoms with Crippen LogP contribution in [-0.2, 0) is 20.7 Å². The number of azide groups is 1. The summed E-state index contributed by atoms with van der Waals surface area (Å²) >= 11 is 0. The molecule has 2 aliphatic rings. The Kier molecular flexibility index (Phi) is 6.91. The normalized spacial score (nSPS) is 24.4. The van der Waals surface area contributed by atoms with E-state index in [0.29, 0.717) is 19.4 Å². The lowest BCUT2D eigenvalue weighted by atomic mass is 9.87. The number of hydrogen-bond acceptors (Lipinski definition) is 4. The van der Waals surface area contributed by atoms with Gasteiger partial charge in [0.15, 0.2) is 0 Å². The Morgan fingerprint density at radius 3 is 2.73 bits per heavy atom. The van der Waals surface area contributed by atoms with Crippen molar-refractivity contribution in [3.8, 4) is 0 Å². The first-order valence-corrected chi connectivity index (χ1v) is 11.1. The minimum absolute atomic E-state index is 0.0808. The quantitative estimate of drug-likeness (QED) is 0.426. The van der Waals surface area contributed by atoms with Gasteiger partial charge in [-0.25, -0.2) is 4.39 Å². The zero-order chi connectivity index (χ0) is 23.4. The summed E-state index contributed by atoms with van der Waals surface area (Å²) in [5, 5.41) is 6.63. The summed E-state index contributed by atoms with van der Waals surface area (Å²) in [6, 6.07) is 12.7. The molecule has 0 aromatic heterocycles. The van der Waals surface area contributed by atoms with Crippen LogP contribution in [0.15, 0.2) is 53.6 Å². The summed E-state index contributed by atoms with van der Waals surface area (Å²) in [5.74, 6) is -0.721. The molecule has 172 valence electrons. The van der Waals surface area contributed by atoms with E-state index in [0.717, 1.165) is 16.7 Å². The van der Waals surface area contributed by atoms with Gasteiger partial charge in [-0.3, -0.25) is 9.59 Å². The molecule has 0 spiro atoms. The number of halogens is 1. The van der Waals surface area contributed by atoms with E-state index in [2.05, 4.69) is 15.3 Å². The maximum Gasteiger partial charge on any atom is 0.252 e. The van der Waals surface area contributed by atoms with Gasteiger partial charge in [0.25, 0.3) is 5.91 Å². The first-order chi connectivity index (χ1) is 16.0. The number of fused-ring (bicyclic) bond motifs is 1. The van der Waals surface area contributed by atoms with Crippen LogP contribution in [0.3, 0.4) is 0 Å². The molecule has 2 amide bonds. The van der Waals surface area contributed by atoms with Crippen molar-refractivity contribution in [1.82, 2.24) is 10.2 Å². The summed E-state index contributed by atoms with van der Waals surface area (Å²) in [4.78, 5) is 30.2. The number of benzene rings is 2. The van der Waals surface area contributed by atoms with Gasteiger partial charge in [0.2, 0.25) is 5.91 Å². The summed E-state index contributed by atoms with van der Waals surface area (Å²) in [6.45, 7) is 2.30. The fourth-order valence-electron chi connectivity index (χ4n) is 4.59. The highest BCUT2D eigenvalue weighted by molar-refractivity contribution is 5.82. The van der Waals surface area contributed by atoms with Crippen LogP contribution in [0.1, 0.15) is 42.5 Å². The second kappa shape index (κ2) is 10.0. The predicted molar refractivity (Wildman–Crippen MR) is 120 cm³/mol. The van der Waals surface area contributed by atoms with Crippen molar-refractivity contribution in [1.29, 1.82) is 0 Å². The minimum Gasteiger partial charge on any atom is -0.366 e. The molecule has 0 aliphatic carbocycles. The molecule has 1 fully saturated rings. The molecule has 2 heterocycles. The second-order valence-electron chi connectivity index (χ2n) is 8.29. The molecule has 2 aliphatic heterocycles. The molecule has 0 saturated carbocycles. The number of ether oxygens (including phenoxy) is 1. The monoisotopic (exact) mass is 451 g/mol. The Bertz CT molecular complexity index is 1070. The summed E-state index contributed by atoms with van der Waals surface area (Å²) in [5.41, 5.74) is 12.0. The van der Waals surface area contributed by atoms with Crippen molar-refractivity contribution in [3.63, 3.8) is 0 Å². The molecule has 1 N–H and O–H groups in total. The van der Waals surface area contributed by atoms with Crippen LogP contribution in [0.5, 0.6) is 0 Å². The number of nitrogens with zero attached hydrogens (tertiary/aromatic N) is 4.